The van der Waals surface area contributed by atoms with Crippen LogP contribution in [-0.2, 0) is 4.74 Å². The number of nitrogens with one attached hydrogen (secondary N) is 1. The van der Waals surface area contributed by atoms with E-state index in [0.29, 0.717) is 6.04 Å². The third-order valence-electron chi connectivity index (χ3n) is 2.08. The van der Waals surface area contributed by atoms with E-state index in [1.165, 1.54) is 0 Å². The first kappa shape index (κ1) is 8.44. The first-order valence-electron chi connectivity index (χ1n) is 4.55. The molecule has 1 unspecified atom stereocenters. The van der Waals surface area contributed by atoms with E-state index in [4.69, 9.17) is 4.74 Å². The van der Waals surface area contributed by atoms with Crippen LogP contribution in [0.4, 0.5) is 5.82 Å². The second-order valence-corrected chi connectivity index (χ2v) is 3.15. The normalized spacial score (nSPS) is 22.6. The lowest BCUT2D eigenvalue weighted by Gasteiger charge is -2.23. The van der Waals surface area contributed by atoms with Gasteiger partial charge in [-0.2, -0.15) is 0 Å². The Morgan fingerprint density at radius 2 is 2.46 bits per heavy atom. The summed E-state index contributed by atoms with van der Waals surface area (Å²) >= 11 is 0. The highest BCUT2D eigenvalue weighted by Crippen LogP contribution is 2.10. The van der Waals surface area contributed by atoms with Crippen molar-refractivity contribution in [2.45, 2.75) is 18.9 Å². The Morgan fingerprint density at radius 1 is 1.46 bits per heavy atom. The fourth-order valence-electron chi connectivity index (χ4n) is 1.44. The van der Waals surface area contributed by atoms with E-state index in [9.17, 15) is 0 Å². The SMILES string of the molecule is c1cnc(NC2CCCOC2)cn1. The van der Waals surface area contributed by atoms with E-state index in [1.807, 2.05) is 0 Å². The van der Waals surface area contributed by atoms with Crippen molar-refractivity contribution in [2.75, 3.05) is 18.5 Å². The van der Waals surface area contributed by atoms with E-state index in [1.54, 1.807) is 18.6 Å². The lowest BCUT2D eigenvalue weighted by molar-refractivity contribution is 0.0875. The summed E-state index contributed by atoms with van der Waals surface area (Å²) in [7, 11) is 0. The second-order valence-electron chi connectivity index (χ2n) is 3.15. The van der Waals surface area contributed by atoms with Crippen molar-refractivity contribution in [3.63, 3.8) is 0 Å². The van der Waals surface area contributed by atoms with Crippen LogP contribution in [0.15, 0.2) is 18.6 Å². The Bertz CT molecular complexity index is 246. The maximum absolute atomic E-state index is 5.34. The van der Waals surface area contributed by atoms with Gasteiger partial charge in [0.15, 0.2) is 0 Å². The molecule has 0 saturated carbocycles. The predicted octanol–water partition coefficient (Wildman–Crippen LogP) is 1.07. The van der Waals surface area contributed by atoms with Gasteiger partial charge in [-0.1, -0.05) is 0 Å². The molecule has 1 aliphatic heterocycles. The molecule has 0 spiro atoms. The van der Waals surface area contributed by atoms with E-state index >= 15 is 0 Å². The van der Waals surface area contributed by atoms with Gasteiger partial charge in [0.05, 0.1) is 18.8 Å². The van der Waals surface area contributed by atoms with Gasteiger partial charge in [0.1, 0.15) is 5.82 Å². The number of ether oxygens (including phenoxy) is 1. The molecule has 1 saturated heterocycles. The largest absolute Gasteiger partial charge is 0.379 e. The number of aromatic nitrogens is 2. The van der Waals surface area contributed by atoms with Gasteiger partial charge in [-0.3, -0.25) is 4.98 Å². The van der Waals surface area contributed by atoms with Gasteiger partial charge in [0.2, 0.25) is 0 Å². The van der Waals surface area contributed by atoms with Crippen LogP contribution in [0.25, 0.3) is 0 Å². The average molecular weight is 179 g/mol. The van der Waals surface area contributed by atoms with E-state index in [-0.39, 0.29) is 0 Å². The van der Waals surface area contributed by atoms with Crippen molar-refractivity contribution < 1.29 is 4.74 Å². The van der Waals surface area contributed by atoms with Crippen LogP contribution in [-0.4, -0.2) is 29.2 Å². The van der Waals surface area contributed by atoms with Crippen LogP contribution in [0.2, 0.25) is 0 Å². The third kappa shape index (κ3) is 2.39. The molecule has 13 heavy (non-hydrogen) atoms. The first-order chi connectivity index (χ1) is 6.45. The molecular formula is C9H13N3O. The minimum absolute atomic E-state index is 0.394. The third-order valence-corrected chi connectivity index (χ3v) is 2.08. The van der Waals surface area contributed by atoms with Crippen molar-refractivity contribution >= 4 is 5.82 Å². The maximum Gasteiger partial charge on any atom is 0.144 e. The van der Waals surface area contributed by atoms with E-state index < -0.39 is 0 Å². The lowest BCUT2D eigenvalue weighted by Crippen LogP contribution is -2.30. The summed E-state index contributed by atoms with van der Waals surface area (Å²) in [5.74, 6) is 0.831. The Kier molecular flexibility index (Phi) is 2.72. The van der Waals surface area contributed by atoms with Gasteiger partial charge in [-0.25, -0.2) is 4.98 Å². The monoisotopic (exact) mass is 179 g/mol. The highest BCUT2D eigenvalue weighted by Gasteiger charge is 2.13. The molecular weight excluding hydrogens is 166 g/mol. The molecule has 1 aliphatic rings. The molecule has 4 heteroatoms. The summed E-state index contributed by atoms with van der Waals surface area (Å²) in [5, 5.41) is 3.28. The van der Waals surface area contributed by atoms with Crippen LogP contribution in [0, 0.1) is 0 Å². The molecule has 70 valence electrons. The smallest absolute Gasteiger partial charge is 0.144 e. The summed E-state index contributed by atoms with van der Waals surface area (Å²) in [4.78, 5) is 8.13. The summed E-state index contributed by atoms with van der Waals surface area (Å²) in [6.07, 6.45) is 7.36. The molecule has 0 radical (unpaired) electrons. The van der Waals surface area contributed by atoms with Crippen molar-refractivity contribution in [3.8, 4) is 0 Å². The van der Waals surface area contributed by atoms with Crippen molar-refractivity contribution in [3.05, 3.63) is 18.6 Å². The molecule has 0 aliphatic carbocycles. The Morgan fingerprint density at radius 3 is 3.15 bits per heavy atom. The Labute approximate surface area is 77.4 Å². The van der Waals surface area contributed by atoms with Crippen molar-refractivity contribution in [1.82, 2.24) is 9.97 Å². The van der Waals surface area contributed by atoms with Crippen molar-refractivity contribution in [2.24, 2.45) is 0 Å². The highest BCUT2D eigenvalue weighted by molar-refractivity contribution is 5.31. The molecule has 0 amide bonds. The van der Waals surface area contributed by atoms with Crippen molar-refractivity contribution in [1.29, 1.82) is 0 Å². The van der Waals surface area contributed by atoms with Gasteiger partial charge in [-0.15, -0.1) is 0 Å². The van der Waals surface area contributed by atoms with Gasteiger partial charge < -0.3 is 10.1 Å². The van der Waals surface area contributed by atoms with Gasteiger partial charge >= 0.3 is 0 Å². The van der Waals surface area contributed by atoms with Gasteiger partial charge in [0, 0.05) is 19.0 Å². The molecule has 1 aromatic rings. The standard InChI is InChI=1S/C9H13N3O/c1-2-8(7-13-5-1)12-9-6-10-3-4-11-9/h3-4,6,8H,1-2,5,7H2,(H,11,12). The predicted molar refractivity (Wildman–Crippen MR) is 49.5 cm³/mol. The highest BCUT2D eigenvalue weighted by atomic mass is 16.5. The fraction of sp³-hybridized carbons (Fsp3) is 0.556. The minimum Gasteiger partial charge on any atom is -0.379 e. The summed E-state index contributed by atoms with van der Waals surface area (Å²) < 4.78 is 5.34. The van der Waals surface area contributed by atoms with Crippen LogP contribution in [0.5, 0.6) is 0 Å². The van der Waals surface area contributed by atoms with Gasteiger partial charge in [-0.05, 0) is 12.8 Å². The minimum atomic E-state index is 0.394. The molecule has 2 heterocycles. The molecule has 4 nitrogen and oxygen atoms in total. The zero-order valence-corrected chi connectivity index (χ0v) is 7.44. The Balaban J connectivity index is 1.90. The number of hydrogen-bond donors (Lipinski definition) is 1. The van der Waals surface area contributed by atoms with Crippen LogP contribution in [0.1, 0.15) is 12.8 Å². The molecule has 1 fully saturated rings. The fourth-order valence-corrected chi connectivity index (χ4v) is 1.44. The summed E-state index contributed by atoms with van der Waals surface area (Å²) in [6.45, 7) is 1.66. The number of hydrogen-bond acceptors (Lipinski definition) is 4. The maximum atomic E-state index is 5.34. The summed E-state index contributed by atoms with van der Waals surface area (Å²) in [6, 6.07) is 0.394. The first-order valence-corrected chi connectivity index (χ1v) is 4.55. The summed E-state index contributed by atoms with van der Waals surface area (Å²) in [5.41, 5.74) is 0. The number of nitrogens with zero attached hydrogens (tertiary/aromatic N) is 2. The molecule has 0 aromatic carbocycles. The van der Waals surface area contributed by atoms with Crippen LogP contribution >= 0.6 is 0 Å². The van der Waals surface area contributed by atoms with Crippen LogP contribution in [0.3, 0.4) is 0 Å². The topological polar surface area (TPSA) is 47.0 Å². The molecule has 2 rings (SSSR count). The zero-order chi connectivity index (χ0) is 8.93. The molecule has 1 N–H and O–H groups in total. The average Bonchev–Trinajstić information content (AvgIpc) is 2.21. The van der Waals surface area contributed by atoms with Crippen LogP contribution < -0.4 is 5.32 Å². The zero-order valence-electron chi connectivity index (χ0n) is 7.44. The Hall–Kier alpha value is -1.16. The quantitative estimate of drug-likeness (QED) is 0.737. The lowest BCUT2D eigenvalue weighted by atomic mass is 10.1. The second kappa shape index (κ2) is 4.18. The molecule has 0 bridgehead atoms. The number of anilines is 1. The number of rotatable bonds is 2. The molecule has 1 aromatic heterocycles. The van der Waals surface area contributed by atoms with Gasteiger partial charge in [0.25, 0.3) is 0 Å². The van der Waals surface area contributed by atoms with E-state index in [2.05, 4.69) is 15.3 Å². The molecule has 1 atom stereocenters. The van der Waals surface area contributed by atoms with E-state index in [0.717, 1.165) is 31.9 Å².